The van der Waals surface area contributed by atoms with Crippen LogP contribution in [0.3, 0.4) is 0 Å². The van der Waals surface area contributed by atoms with E-state index in [-0.39, 0.29) is 12.7 Å². The van der Waals surface area contributed by atoms with Crippen molar-refractivity contribution in [2.24, 2.45) is 0 Å². The van der Waals surface area contributed by atoms with Gasteiger partial charge in [0.2, 0.25) is 0 Å². The summed E-state index contributed by atoms with van der Waals surface area (Å²) in [4.78, 5) is 0. The summed E-state index contributed by atoms with van der Waals surface area (Å²) in [6.45, 7) is 4.22. The Balaban J connectivity index is 2.38. The van der Waals surface area contributed by atoms with Gasteiger partial charge in [0, 0.05) is 0 Å². The average molecular weight is 135 g/mol. The smallest absolute Gasteiger partial charge is 0.163 e. The fraction of sp³-hybridized carbons (Fsp3) is 1.00. The maximum Gasteiger partial charge on any atom is 0.163 e. The molecule has 0 aromatic rings. The van der Waals surface area contributed by atoms with E-state index in [2.05, 4.69) is 0 Å². The summed E-state index contributed by atoms with van der Waals surface area (Å²) in [6, 6.07) is 0. The van der Waals surface area contributed by atoms with E-state index in [4.69, 9.17) is 14.6 Å². The van der Waals surface area contributed by atoms with Crippen LogP contribution in [0.25, 0.3) is 0 Å². The van der Waals surface area contributed by atoms with Crippen molar-refractivity contribution < 1.29 is 14.6 Å². The maximum atomic E-state index is 8.59. The average Bonchev–Trinajstić information content (AvgIpc) is 2.10. The predicted molar refractivity (Wildman–Crippen MR) is 32.0 cm³/mol. The lowest BCUT2D eigenvalue weighted by Gasteiger charge is -2.15. The number of rotatable bonds is 1. The van der Waals surface area contributed by atoms with E-state index in [0.717, 1.165) is 0 Å². The van der Waals surface area contributed by atoms with E-state index in [1.165, 1.54) is 0 Å². The van der Waals surface area contributed by atoms with Crippen LogP contribution in [0.4, 0.5) is 0 Å². The van der Waals surface area contributed by atoms with Crippen molar-refractivity contribution in [3.05, 3.63) is 0 Å². The molecule has 1 N–H and O–H groups in total. The van der Waals surface area contributed by atoms with Crippen LogP contribution in [0.2, 0.25) is 0 Å². The lowest BCUT2D eigenvalue weighted by Crippen LogP contribution is -2.22. The second-order valence-electron chi connectivity index (χ2n) is 2.63. The third-order valence-electron chi connectivity index (χ3n) is 1.27. The summed E-state index contributed by atoms with van der Waals surface area (Å²) in [7, 11) is 0. The van der Waals surface area contributed by atoms with E-state index in [1.54, 1.807) is 0 Å². The third-order valence-corrected chi connectivity index (χ3v) is 1.27. The van der Waals surface area contributed by atoms with Crippen molar-refractivity contribution in [3.8, 4) is 0 Å². The fourth-order valence-electron chi connectivity index (χ4n) is 0.853. The Morgan fingerprint density at radius 3 is 2.56 bits per heavy atom. The lowest BCUT2D eigenvalue weighted by atomic mass is 10.9. The Bertz CT molecular complexity index is 100. The minimum atomic E-state index is -0.493. The van der Waals surface area contributed by atoms with Crippen molar-refractivity contribution in [3.63, 3.8) is 0 Å². The first-order chi connectivity index (χ1) is 4.14. The van der Waals surface area contributed by atoms with Crippen LogP contribution in [-0.4, -0.2) is 30.2 Å². The van der Waals surface area contributed by atoms with Gasteiger partial charge in [-0.15, -0.1) is 0 Å². The van der Waals surface area contributed by atoms with Crippen molar-refractivity contribution in [1.29, 1.82) is 0 Å². The topological polar surface area (TPSA) is 38.7 Å². The number of aliphatic hydroxyl groups is 1. The normalized spacial score (nSPS) is 33.0. The molecule has 3 nitrogen and oxygen atoms in total. The minimum absolute atomic E-state index is 0.0451. The lowest BCUT2D eigenvalue weighted by molar-refractivity contribution is -0.142. The first-order valence-corrected chi connectivity index (χ1v) is 3.07. The highest BCUT2D eigenvalue weighted by molar-refractivity contribution is 4.69. The van der Waals surface area contributed by atoms with Gasteiger partial charge in [-0.2, -0.15) is 0 Å². The molecule has 0 aromatic heterocycles. The van der Waals surface area contributed by atoms with Gasteiger partial charge in [0.1, 0.15) is 6.10 Å². The van der Waals surface area contributed by atoms with Crippen molar-refractivity contribution in [1.82, 2.24) is 0 Å². The Kier molecular flexibility index (Phi) is 1.75. The molecular weight excluding hydrogens is 123 g/mol. The highest BCUT2D eigenvalue weighted by Gasteiger charge is 2.31. The second kappa shape index (κ2) is 2.25. The van der Waals surface area contributed by atoms with E-state index in [1.807, 2.05) is 13.8 Å². The molecule has 0 aromatic carbocycles. The molecule has 1 heterocycles. The number of aliphatic hydroxyl groups excluding tert-OH is 1. The van der Waals surface area contributed by atoms with E-state index < -0.39 is 5.79 Å². The SMILES string of the molecule is C[13C]1(C)O[13CH2][13CH](CO)O1. The summed E-state index contributed by atoms with van der Waals surface area (Å²) in [6.07, 6.45) is -0.125. The number of hydrogen-bond donors (Lipinski definition) is 1. The van der Waals surface area contributed by atoms with E-state index in [9.17, 15) is 0 Å². The largest absolute Gasteiger partial charge is 0.394 e. The number of ether oxygens (including phenoxy) is 2. The third kappa shape index (κ3) is 1.64. The summed E-state index contributed by atoms with van der Waals surface area (Å²) >= 11 is 0. The summed E-state index contributed by atoms with van der Waals surface area (Å²) in [5.74, 6) is -0.493. The molecule has 1 fully saturated rings. The zero-order valence-electron chi connectivity index (χ0n) is 5.76. The zero-order valence-corrected chi connectivity index (χ0v) is 5.76. The van der Waals surface area contributed by atoms with Gasteiger partial charge in [-0.25, -0.2) is 0 Å². The summed E-state index contributed by atoms with van der Waals surface area (Å²) in [5.41, 5.74) is 0. The Morgan fingerprint density at radius 2 is 2.33 bits per heavy atom. The molecule has 0 spiro atoms. The highest BCUT2D eigenvalue weighted by atomic mass is 16.9. The van der Waals surface area contributed by atoms with E-state index >= 15 is 0 Å². The summed E-state index contributed by atoms with van der Waals surface area (Å²) < 4.78 is 10.4. The second-order valence-corrected chi connectivity index (χ2v) is 2.63. The quantitative estimate of drug-likeness (QED) is 0.519. The van der Waals surface area contributed by atoms with Crippen LogP contribution >= 0.6 is 0 Å². The van der Waals surface area contributed by atoms with Gasteiger partial charge >= 0.3 is 0 Å². The highest BCUT2D eigenvalue weighted by Crippen LogP contribution is 2.21. The molecule has 1 saturated heterocycles. The Hall–Kier alpha value is -0.120. The minimum Gasteiger partial charge on any atom is -0.394 e. The zero-order chi connectivity index (χ0) is 6.91. The molecule has 1 aliphatic heterocycles. The van der Waals surface area contributed by atoms with Crippen LogP contribution in [0.15, 0.2) is 0 Å². The molecule has 0 amide bonds. The molecule has 1 atom stereocenters. The van der Waals surface area contributed by atoms with Gasteiger partial charge in [0.25, 0.3) is 0 Å². The van der Waals surface area contributed by atoms with Crippen molar-refractivity contribution in [2.45, 2.75) is 25.7 Å². The van der Waals surface area contributed by atoms with Gasteiger partial charge < -0.3 is 14.6 Å². The standard InChI is InChI=1S/C6H12O3/c1-6(2)8-4-5(3-7)9-6/h5,7H,3-4H2,1-2H3/i4+1,5+1,6+1. The van der Waals surface area contributed by atoms with Gasteiger partial charge in [0.05, 0.1) is 13.2 Å². The van der Waals surface area contributed by atoms with Gasteiger partial charge in [-0.3, -0.25) is 0 Å². The van der Waals surface area contributed by atoms with Crippen molar-refractivity contribution in [2.75, 3.05) is 13.2 Å². The first kappa shape index (κ1) is 6.99. The first-order valence-electron chi connectivity index (χ1n) is 3.07. The molecule has 1 rings (SSSR count). The molecule has 1 aliphatic rings. The maximum absolute atomic E-state index is 8.59. The predicted octanol–water partition coefficient (Wildman–Crippen LogP) is 0.130. The van der Waals surface area contributed by atoms with E-state index in [0.29, 0.717) is 6.61 Å². The van der Waals surface area contributed by atoms with Crippen molar-refractivity contribution >= 4 is 0 Å². The van der Waals surface area contributed by atoms with Crippen LogP contribution < -0.4 is 0 Å². The number of hydrogen-bond acceptors (Lipinski definition) is 3. The van der Waals surface area contributed by atoms with Gasteiger partial charge in [-0.1, -0.05) is 0 Å². The Morgan fingerprint density at radius 1 is 1.67 bits per heavy atom. The molecular formula is C6H12O3. The fourth-order valence-corrected chi connectivity index (χ4v) is 0.853. The molecule has 0 radical (unpaired) electrons. The Labute approximate surface area is 54.6 Å². The van der Waals surface area contributed by atoms with Crippen LogP contribution in [0.1, 0.15) is 13.8 Å². The van der Waals surface area contributed by atoms with Crippen LogP contribution in [-0.2, 0) is 9.47 Å². The van der Waals surface area contributed by atoms with Gasteiger partial charge in [0.15, 0.2) is 5.79 Å². The van der Waals surface area contributed by atoms with Crippen LogP contribution in [0, 0.1) is 0 Å². The molecule has 9 heavy (non-hydrogen) atoms. The molecule has 54 valence electrons. The van der Waals surface area contributed by atoms with Crippen LogP contribution in [0.5, 0.6) is 0 Å². The molecule has 0 aliphatic carbocycles. The summed E-state index contributed by atoms with van der Waals surface area (Å²) in [5, 5.41) is 8.59. The molecule has 1 unspecified atom stereocenters. The molecule has 0 saturated carbocycles. The van der Waals surface area contributed by atoms with Gasteiger partial charge in [-0.05, 0) is 13.8 Å². The molecule has 0 bridgehead atoms. The monoisotopic (exact) mass is 135 g/mol. The molecule has 3 heteroatoms.